The van der Waals surface area contributed by atoms with Gasteiger partial charge in [-0.25, -0.2) is 0 Å². The summed E-state index contributed by atoms with van der Waals surface area (Å²) >= 11 is 4.75. The number of para-hydroxylation sites is 1. The minimum Gasteiger partial charge on any atom is -0.488 e. The van der Waals surface area contributed by atoms with Crippen LogP contribution in [0.5, 0.6) is 5.75 Å². The van der Waals surface area contributed by atoms with Gasteiger partial charge in [-0.05, 0) is 38.2 Å². The monoisotopic (exact) mass is 253 g/mol. The highest BCUT2D eigenvalue weighted by Gasteiger charge is 2.15. The molecule has 1 aromatic carbocycles. The van der Waals surface area contributed by atoms with E-state index in [1.54, 1.807) is 18.2 Å². The molecule has 5 nitrogen and oxygen atoms in total. The number of nitrogens with two attached hydrogens (primary N) is 2. The lowest BCUT2D eigenvalue weighted by molar-refractivity contribution is 0.0995. The molecule has 0 aliphatic heterocycles. The van der Waals surface area contributed by atoms with Crippen molar-refractivity contribution in [3.05, 3.63) is 23.8 Å². The van der Waals surface area contributed by atoms with Gasteiger partial charge in [0.25, 0.3) is 5.91 Å². The maximum atomic E-state index is 11.3. The minimum atomic E-state index is -0.563. The van der Waals surface area contributed by atoms with E-state index >= 15 is 0 Å². The van der Waals surface area contributed by atoms with E-state index in [-0.39, 0.29) is 11.2 Å². The van der Waals surface area contributed by atoms with Crippen molar-refractivity contribution >= 4 is 28.9 Å². The molecule has 0 aliphatic rings. The fraction of sp³-hybridized carbons (Fsp3) is 0.273. The fourth-order valence-electron chi connectivity index (χ4n) is 1.32. The summed E-state index contributed by atoms with van der Waals surface area (Å²) < 4.78 is 5.56. The highest BCUT2D eigenvalue weighted by molar-refractivity contribution is 7.80. The summed E-state index contributed by atoms with van der Waals surface area (Å²) in [6.07, 6.45) is -0.0950. The first-order valence-electron chi connectivity index (χ1n) is 5.07. The average Bonchev–Trinajstić information content (AvgIpc) is 2.18. The smallest absolute Gasteiger partial charge is 0.252 e. The van der Waals surface area contributed by atoms with Gasteiger partial charge in [0.2, 0.25) is 0 Å². The first-order valence-corrected chi connectivity index (χ1v) is 5.48. The molecule has 92 valence electrons. The molecule has 0 saturated heterocycles. The Bertz CT molecular complexity index is 446. The van der Waals surface area contributed by atoms with Crippen LogP contribution < -0.4 is 21.5 Å². The second-order valence-electron chi connectivity index (χ2n) is 3.70. The van der Waals surface area contributed by atoms with Gasteiger partial charge in [-0.15, -0.1) is 0 Å². The zero-order valence-electron chi connectivity index (χ0n) is 9.69. The van der Waals surface area contributed by atoms with Crippen LogP contribution in [0, 0.1) is 0 Å². The Balaban J connectivity index is 3.23. The summed E-state index contributed by atoms with van der Waals surface area (Å²) in [7, 11) is 0. The summed E-state index contributed by atoms with van der Waals surface area (Å²) in [6.45, 7) is 3.70. The lowest BCUT2D eigenvalue weighted by Crippen LogP contribution is -2.22. The van der Waals surface area contributed by atoms with Crippen molar-refractivity contribution in [2.75, 3.05) is 5.32 Å². The van der Waals surface area contributed by atoms with E-state index in [4.69, 9.17) is 28.4 Å². The molecule has 1 aromatic rings. The molecule has 0 radical (unpaired) electrons. The third-order valence-electron chi connectivity index (χ3n) is 1.89. The van der Waals surface area contributed by atoms with Crippen LogP contribution in [0.25, 0.3) is 0 Å². The maximum Gasteiger partial charge on any atom is 0.252 e. The Hall–Kier alpha value is -1.82. The van der Waals surface area contributed by atoms with Crippen LogP contribution in [-0.2, 0) is 0 Å². The molecule has 5 N–H and O–H groups in total. The number of primary amides is 1. The highest BCUT2D eigenvalue weighted by atomic mass is 32.1. The van der Waals surface area contributed by atoms with Crippen molar-refractivity contribution in [2.24, 2.45) is 11.5 Å². The third-order valence-corrected chi connectivity index (χ3v) is 1.99. The number of carbonyl (C=O) groups is 1. The Morgan fingerprint density at radius 2 is 2.06 bits per heavy atom. The second kappa shape index (κ2) is 5.49. The molecule has 1 rings (SSSR count). The zero-order valence-corrected chi connectivity index (χ0v) is 10.5. The molecular formula is C11H15N3O2S. The highest BCUT2D eigenvalue weighted by Crippen LogP contribution is 2.29. The molecule has 0 unspecified atom stereocenters. The largest absolute Gasteiger partial charge is 0.488 e. The van der Waals surface area contributed by atoms with Gasteiger partial charge in [0.15, 0.2) is 10.9 Å². The summed E-state index contributed by atoms with van der Waals surface area (Å²) in [5.41, 5.74) is 11.5. The fourth-order valence-corrected chi connectivity index (χ4v) is 1.43. The quantitative estimate of drug-likeness (QED) is 0.702. The second-order valence-corrected chi connectivity index (χ2v) is 4.14. The van der Waals surface area contributed by atoms with Crippen molar-refractivity contribution in [3.63, 3.8) is 0 Å². The number of carbonyl (C=O) groups excluding carboxylic acids is 1. The number of rotatable bonds is 4. The molecule has 0 aliphatic carbocycles. The van der Waals surface area contributed by atoms with Gasteiger partial charge in [-0.1, -0.05) is 6.07 Å². The topological polar surface area (TPSA) is 90.4 Å². The van der Waals surface area contributed by atoms with E-state index < -0.39 is 5.91 Å². The summed E-state index contributed by atoms with van der Waals surface area (Å²) in [6, 6.07) is 4.97. The van der Waals surface area contributed by atoms with Crippen molar-refractivity contribution in [3.8, 4) is 5.75 Å². The Kier molecular flexibility index (Phi) is 4.28. The van der Waals surface area contributed by atoms with Gasteiger partial charge in [-0.2, -0.15) is 0 Å². The van der Waals surface area contributed by atoms with E-state index in [0.717, 1.165) is 0 Å². The van der Waals surface area contributed by atoms with Gasteiger partial charge in [0.05, 0.1) is 17.4 Å². The van der Waals surface area contributed by atoms with Gasteiger partial charge in [0.1, 0.15) is 0 Å². The summed E-state index contributed by atoms with van der Waals surface area (Å²) in [4.78, 5) is 11.3. The van der Waals surface area contributed by atoms with Crippen LogP contribution >= 0.6 is 12.2 Å². The lowest BCUT2D eigenvalue weighted by Gasteiger charge is -2.17. The molecule has 0 bridgehead atoms. The molecule has 6 heteroatoms. The number of hydrogen-bond acceptors (Lipinski definition) is 3. The summed E-state index contributed by atoms with van der Waals surface area (Å²) in [5, 5.41) is 2.85. The molecule has 0 spiro atoms. The molecular weight excluding hydrogens is 238 g/mol. The van der Waals surface area contributed by atoms with Crippen molar-refractivity contribution < 1.29 is 9.53 Å². The Morgan fingerprint density at radius 3 is 2.53 bits per heavy atom. The van der Waals surface area contributed by atoms with Gasteiger partial charge >= 0.3 is 0 Å². The normalized spacial score (nSPS) is 10.1. The first kappa shape index (κ1) is 13.2. The SMILES string of the molecule is CC(C)Oc1c(NC(N)=S)cccc1C(N)=O. The average molecular weight is 253 g/mol. The minimum absolute atomic E-state index is 0.0950. The number of amides is 1. The van der Waals surface area contributed by atoms with Gasteiger partial charge in [0, 0.05) is 0 Å². The number of thiocarbonyl (C=S) groups is 1. The maximum absolute atomic E-state index is 11.3. The number of hydrogen-bond donors (Lipinski definition) is 3. The number of benzene rings is 1. The molecule has 0 fully saturated rings. The molecule has 0 aromatic heterocycles. The number of anilines is 1. The van der Waals surface area contributed by atoms with Crippen LogP contribution in [0.15, 0.2) is 18.2 Å². The van der Waals surface area contributed by atoms with Crippen molar-refractivity contribution in [1.29, 1.82) is 0 Å². The molecule has 1 amide bonds. The van der Waals surface area contributed by atoms with Crippen LogP contribution in [-0.4, -0.2) is 17.1 Å². The molecule has 0 heterocycles. The van der Waals surface area contributed by atoms with Crippen LogP contribution in [0.3, 0.4) is 0 Å². The Morgan fingerprint density at radius 1 is 1.41 bits per heavy atom. The molecule has 0 saturated carbocycles. The van der Waals surface area contributed by atoms with E-state index in [9.17, 15) is 4.79 Å². The van der Waals surface area contributed by atoms with E-state index in [1.807, 2.05) is 13.8 Å². The van der Waals surface area contributed by atoms with Gasteiger partial charge in [-0.3, -0.25) is 4.79 Å². The molecule has 0 atom stereocenters. The predicted molar refractivity (Wildman–Crippen MR) is 71.1 cm³/mol. The number of ether oxygens (including phenoxy) is 1. The zero-order chi connectivity index (χ0) is 13.0. The lowest BCUT2D eigenvalue weighted by atomic mass is 10.1. The molecule has 17 heavy (non-hydrogen) atoms. The third kappa shape index (κ3) is 3.60. The predicted octanol–water partition coefficient (Wildman–Crippen LogP) is 1.23. The van der Waals surface area contributed by atoms with Crippen molar-refractivity contribution in [1.82, 2.24) is 0 Å². The standard InChI is InChI=1S/C11H15N3O2S/c1-6(2)16-9-7(10(12)15)4-3-5-8(9)14-11(13)17/h3-6H,1-2H3,(H2,12,15)(H3,13,14,17). The van der Waals surface area contributed by atoms with Crippen molar-refractivity contribution in [2.45, 2.75) is 20.0 Å². The number of nitrogens with one attached hydrogen (secondary N) is 1. The van der Waals surface area contributed by atoms with Gasteiger partial charge < -0.3 is 21.5 Å². The van der Waals surface area contributed by atoms with Crippen LogP contribution in [0.1, 0.15) is 24.2 Å². The van der Waals surface area contributed by atoms with E-state index in [0.29, 0.717) is 17.0 Å². The first-order chi connectivity index (χ1) is 7.91. The van der Waals surface area contributed by atoms with E-state index in [2.05, 4.69) is 5.32 Å². The van der Waals surface area contributed by atoms with Crippen LogP contribution in [0.4, 0.5) is 5.69 Å². The van der Waals surface area contributed by atoms with E-state index in [1.165, 1.54) is 0 Å². The Labute approximate surface area is 105 Å². The summed E-state index contributed by atoms with van der Waals surface area (Å²) in [5.74, 6) is -0.199. The van der Waals surface area contributed by atoms with Crippen LogP contribution in [0.2, 0.25) is 0 Å².